The van der Waals surface area contributed by atoms with Crippen molar-refractivity contribution in [3.05, 3.63) is 58.3 Å². The predicted molar refractivity (Wildman–Crippen MR) is 116 cm³/mol. The molecule has 1 aromatic carbocycles. The lowest BCUT2D eigenvalue weighted by Gasteiger charge is -2.15. The van der Waals surface area contributed by atoms with Gasteiger partial charge in [-0.15, -0.1) is 35.3 Å². The summed E-state index contributed by atoms with van der Waals surface area (Å²) >= 11 is 1.75. The highest BCUT2D eigenvalue weighted by Crippen LogP contribution is 2.08. The van der Waals surface area contributed by atoms with Crippen molar-refractivity contribution in [2.75, 3.05) is 27.2 Å². The number of rotatable bonds is 7. The summed E-state index contributed by atoms with van der Waals surface area (Å²) in [7, 11) is 3.49. The number of guanidine groups is 1. The minimum atomic E-state index is 0. The molecule has 25 heavy (non-hydrogen) atoms. The highest BCUT2D eigenvalue weighted by Gasteiger charge is 2.06. The SMILES string of the molecule is CN(C)C(=O)CNC(=NCc1ccccc1)NCCc1cccs1.I. The molecule has 0 saturated heterocycles. The molecular formula is C18H25IN4OS. The maximum absolute atomic E-state index is 11.8. The fourth-order valence-electron chi connectivity index (χ4n) is 2.00. The Hall–Kier alpha value is -1.61. The smallest absolute Gasteiger partial charge is 0.241 e. The first-order chi connectivity index (χ1) is 11.6. The van der Waals surface area contributed by atoms with Gasteiger partial charge in [-0.2, -0.15) is 0 Å². The number of halogens is 1. The summed E-state index contributed by atoms with van der Waals surface area (Å²) < 4.78 is 0. The van der Waals surface area contributed by atoms with Crippen LogP contribution in [0.1, 0.15) is 10.4 Å². The van der Waals surface area contributed by atoms with Gasteiger partial charge in [-0.05, 0) is 23.4 Å². The quantitative estimate of drug-likeness (QED) is 0.370. The second-order valence-corrected chi connectivity index (χ2v) is 6.58. The number of hydrogen-bond acceptors (Lipinski definition) is 3. The third-order valence-corrected chi connectivity index (χ3v) is 4.35. The number of likely N-dealkylation sites (N-methyl/N-ethyl adjacent to an activating group) is 1. The third kappa shape index (κ3) is 8.35. The van der Waals surface area contributed by atoms with Crippen molar-refractivity contribution in [1.29, 1.82) is 0 Å². The van der Waals surface area contributed by atoms with Crippen LogP contribution in [0.3, 0.4) is 0 Å². The second-order valence-electron chi connectivity index (χ2n) is 5.55. The van der Waals surface area contributed by atoms with E-state index in [1.807, 2.05) is 30.3 Å². The van der Waals surface area contributed by atoms with Crippen LogP contribution in [0.15, 0.2) is 52.8 Å². The minimum Gasteiger partial charge on any atom is -0.356 e. The van der Waals surface area contributed by atoms with Gasteiger partial charge in [0.05, 0.1) is 13.1 Å². The van der Waals surface area contributed by atoms with E-state index in [1.165, 1.54) is 4.88 Å². The molecular weight excluding hydrogens is 447 g/mol. The summed E-state index contributed by atoms with van der Waals surface area (Å²) in [5, 5.41) is 8.48. The maximum Gasteiger partial charge on any atom is 0.241 e. The monoisotopic (exact) mass is 472 g/mol. The van der Waals surface area contributed by atoms with E-state index < -0.39 is 0 Å². The number of amides is 1. The topological polar surface area (TPSA) is 56.7 Å². The van der Waals surface area contributed by atoms with Crippen molar-refractivity contribution in [3.8, 4) is 0 Å². The summed E-state index contributed by atoms with van der Waals surface area (Å²) in [6.45, 7) is 1.58. The third-order valence-electron chi connectivity index (χ3n) is 3.41. The van der Waals surface area contributed by atoms with Crippen LogP contribution in [0.2, 0.25) is 0 Å². The van der Waals surface area contributed by atoms with Crippen LogP contribution in [0, 0.1) is 0 Å². The van der Waals surface area contributed by atoms with E-state index >= 15 is 0 Å². The first-order valence-electron chi connectivity index (χ1n) is 7.94. The van der Waals surface area contributed by atoms with Crippen LogP contribution in [0.4, 0.5) is 0 Å². The standard InChI is InChI=1S/C18H24N4OS.HI/c1-22(2)17(23)14-21-18(19-11-10-16-9-6-12-24-16)20-13-15-7-4-3-5-8-15;/h3-9,12H,10-11,13-14H2,1-2H3,(H2,19,20,21);1H. The lowest BCUT2D eigenvalue weighted by Crippen LogP contribution is -2.43. The zero-order chi connectivity index (χ0) is 17.2. The highest BCUT2D eigenvalue weighted by molar-refractivity contribution is 14.0. The summed E-state index contributed by atoms with van der Waals surface area (Å²) in [6, 6.07) is 14.2. The molecule has 5 nitrogen and oxygen atoms in total. The molecule has 1 amide bonds. The molecule has 7 heteroatoms. The molecule has 0 spiro atoms. The average molecular weight is 472 g/mol. The molecule has 0 aliphatic heterocycles. The molecule has 1 heterocycles. The van der Waals surface area contributed by atoms with Gasteiger partial charge in [-0.25, -0.2) is 4.99 Å². The van der Waals surface area contributed by atoms with Crippen LogP contribution in [0.5, 0.6) is 0 Å². The van der Waals surface area contributed by atoms with Gasteiger partial charge in [-0.3, -0.25) is 4.79 Å². The predicted octanol–water partition coefficient (Wildman–Crippen LogP) is 2.73. The van der Waals surface area contributed by atoms with Crippen molar-refractivity contribution in [1.82, 2.24) is 15.5 Å². The second kappa shape index (κ2) is 11.9. The molecule has 0 radical (unpaired) electrons. The molecule has 1 aromatic heterocycles. The van der Waals surface area contributed by atoms with Gasteiger partial charge in [0, 0.05) is 25.5 Å². The fraction of sp³-hybridized carbons (Fsp3) is 0.333. The van der Waals surface area contributed by atoms with Crippen LogP contribution >= 0.6 is 35.3 Å². The van der Waals surface area contributed by atoms with Gasteiger partial charge < -0.3 is 15.5 Å². The Bertz CT molecular complexity index is 644. The molecule has 2 N–H and O–H groups in total. The van der Waals surface area contributed by atoms with Crippen LogP contribution < -0.4 is 10.6 Å². The first kappa shape index (κ1) is 21.4. The van der Waals surface area contributed by atoms with Gasteiger partial charge in [0.1, 0.15) is 0 Å². The normalized spacial score (nSPS) is 10.7. The Morgan fingerprint density at radius 1 is 1.12 bits per heavy atom. The van der Waals surface area contributed by atoms with Gasteiger partial charge in [0.15, 0.2) is 5.96 Å². The largest absolute Gasteiger partial charge is 0.356 e. The van der Waals surface area contributed by atoms with Gasteiger partial charge in [-0.1, -0.05) is 36.4 Å². The molecule has 0 aliphatic rings. The number of aliphatic imine (C=N–C) groups is 1. The summed E-state index contributed by atoms with van der Waals surface area (Å²) in [4.78, 5) is 19.2. The van der Waals surface area contributed by atoms with E-state index in [4.69, 9.17) is 0 Å². The van der Waals surface area contributed by atoms with E-state index in [2.05, 4.69) is 33.1 Å². The van der Waals surface area contributed by atoms with E-state index in [0.717, 1.165) is 18.5 Å². The molecule has 0 aliphatic carbocycles. The number of nitrogens with zero attached hydrogens (tertiary/aromatic N) is 2. The lowest BCUT2D eigenvalue weighted by atomic mass is 10.2. The van der Waals surface area contributed by atoms with Gasteiger partial charge in [0.2, 0.25) is 5.91 Å². The molecule has 0 atom stereocenters. The Morgan fingerprint density at radius 2 is 1.88 bits per heavy atom. The molecule has 0 fully saturated rings. The highest BCUT2D eigenvalue weighted by atomic mass is 127. The van der Waals surface area contributed by atoms with Crippen LogP contribution in [-0.2, 0) is 17.8 Å². The minimum absolute atomic E-state index is 0. The van der Waals surface area contributed by atoms with E-state index in [0.29, 0.717) is 12.5 Å². The summed E-state index contributed by atoms with van der Waals surface area (Å²) in [5.41, 5.74) is 1.13. The summed E-state index contributed by atoms with van der Waals surface area (Å²) in [6.07, 6.45) is 0.936. The van der Waals surface area contributed by atoms with E-state index in [1.54, 1.807) is 30.3 Å². The Balaban J connectivity index is 0.00000312. The van der Waals surface area contributed by atoms with Gasteiger partial charge in [0.25, 0.3) is 0 Å². The zero-order valence-electron chi connectivity index (χ0n) is 14.6. The van der Waals surface area contributed by atoms with Crippen molar-refractivity contribution in [3.63, 3.8) is 0 Å². The van der Waals surface area contributed by atoms with Crippen molar-refractivity contribution in [2.24, 2.45) is 4.99 Å². The lowest BCUT2D eigenvalue weighted by molar-refractivity contribution is -0.127. The van der Waals surface area contributed by atoms with E-state index in [-0.39, 0.29) is 36.4 Å². The Labute approximate surface area is 170 Å². The maximum atomic E-state index is 11.8. The molecule has 2 rings (SSSR count). The first-order valence-corrected chi connectivity index (χ1v) is 8.82. The van der Waals surface area contributed by atoms with Crippen molar-refractivity contribution >= 4 is 47.2 Å². The molecule has 136 valence electrons. The molecule has 0 unspecified atom stereocenters. The number of thiophene rings is 1. The molecule has 2 aromatic rings. The van der Waals surface area contributed by atoms with Crippen molar-refractivity contribution in [2.45, 2.75) is 13.0 Å². The Morgan fingerprint density at radius 3 is 2.52 bits per heavy atom. The number of hydrogen-bond donors (Lipinski definition) is 2. The van der Waals surface area contributed by atoms with Crippen LogP contribution in [-0.4, -0.2) is 44.0 Å². The molecule has 0 bridgehead atoms. The van der Waals surface area contributed by atoms with Crippen LogP contribution in [0.25, 0.3) is 0 Å². The number of carbonyl (C=O) groups is 1. The van der Waals surface area contributed by atoms with E-state index in [9.17, 15) is 4.79 Å². The van der Waals surface area contributed by atoms with Crippen molar-refractivity contribution < 1.29 is 4.79 Å². The molecule has 0 saturated carbocycles. The number of nitrogens with one attached hydrogen (secondary N) is 2. The summed E-state index contributed by atoms with van der Waals surface area (Å²) in [5.74, 6) is 0.674. The number of carbonyl (C=O) groups excluding carboxylic acids is 1. The fourth-order valence-corrected chi connectivity index (χ4v) is 2.71. The van der Waals surface area contributed by atoms with Gasteiger partial charge >= 0.3 is 0 Å². The average Bonchev–Trinajstić information content (AvgIpc) is 3.10. The zero-order valence-corrected chi connectivity index (χ0v) is 17.7. The Kier molecular flexibility index (Phi) is 10.2. The number of benzene rings is 1.